The third-order valence-corrected chi connectivity index (χ3v) is 5.81. The smallest absolute Gasteiger partial charge is 0.413 e. The number of aldehydes is 1. The van der Waals surface area contributed by atoms with Crippen molar-refractivity contribution in [2.45, 2.75) is 12.8 Å². The molecule has 1 aliphatic heterocycles. The first-order valence-electron chi connectivity index (χ1n) is 10.1. The number of halogens is 1. The Labute approximate surface area is 192 Å². The van der Waals surface area contributed by atoms with Gasteiger partial charge in [0.15, 0.2) is 23.7 Å². The summed E-state index contributed by atoms with van der Waals surface area (Å²) in [7, 11) is 0. The lowest BCUT2D eigenvalue weighted by atomic mass is 10.1. The number of carbonyl (C=O) groups excluding carboxylic acids is 2. The summed E-state index contributed by atoms with van der Waals surface area (Å²) in [4.78, 5) is 40.4. The Morgan fingerprint density at radius 2 is 1.91 bits per heavy atom. The van der Waals surface area contributed by atoms with Crippen LogP contribution in [0.15, 0.2) is 36.4 Å². The first-order chi connectivity index (χ1) is 15.9. The number of ether oxygens (including phenoxy) is 1. The number of aromatic nitrogens is 2. The van der Waals surface area contributed by atoms with Crippen LogP contribution >= 0.6 is 11.5 Å². The van der Waals surface area contributed by atoms with E-state index in [0.717, 1.165) is 41.9 Å². The van der Waals surface area contributed by atoms with E-state index in [1.54, 1.807) is 0 Å². The summed E-state index contributed by atoms with van der Waals surface area (Å²) < 4.78 is 23.8. The summed E-state index contributed by atoms with van der Waals surface area (Å²) in [5.74, 6) is -2.38. The van der Waals surface area contributed by atoms with E-state index in [4.69, 9.17) is 9.84 Å². The van der Waals surface area contributed by atoms with E-state index >= 15 is 0 Å². The number of nitrogens with one attached hydrogen (secondary N) is 1. The Hall–Kier alpha value is -3.86. The lowest BCUT2D eigenvalue weighted by Gasteiger charge is -2.17. The minimum atomic E-state index is -1.30. The molecule has 33 heavy (non-hydrogen) atoms. The van der Waals surface area contributed by atoms with Crippen LogP contribution < -0.4 is 15.0 Å². The molecule has 3 aromatic rings. The normalized spacial score (nSPS) is 13.1. The van der Waals surface area contributed by atoms with Crippen molar-refractivity contribution in [2.75, 3.05) is 24.5 Å². The molecule has 0 radical (unpaired) electrons. The van der Waals surface area contributed by atoms with Gasteiger partial charge in [-0.25, -0.2) is 14.2 Å². The molecule has 2 heterocycles. The highest BCUT2D eigenvalue weighted by Gasteiger charge is 2.19. The Balaban J connectivity index is 1.53. The highest BCUT2D eigenvalue weighted by Crippen LogP contribution is 2.32. The van der Waals surface area contributed by atoms with Crippen LogP contribution in [0.5, 0.6) is 5.75 Å². The largest absolute Gasteiger partial charge is 0.480 e. The average Bonchev–Trinajstić information content (AvgIpc) is 3.51. The van der Waals surface area contributed by atoms with Crippen LogP contribution in [-0.2, 0) is 4.79 Å². The lowest BCUT2D eigenvalue weighted by Crippen LogP contribution is -2.32. The van der Waals surface area contributed by atoms with Gasteiger partial charge in [-0.2, -0.15) is 4.37 Å². The number of anilines is 1. The number of rotatable bonds is 7. The van der Waals surface area contributed by atoms with E-state index in [2.05, 4.69) is 14.3 Å². The minimum Gasteiger partial charge on any atom is -0.480 e. The maximum absolute atomic E-state index is 14.6. The molecule has 0 atom stereocenters. The number of amides is 1. The van der Waals surface area contributed by atoms with E-state index < -0.39 is 30.2 Å². The predicted molar refractivity (Wildman–Crippen MR) is 119 cm³/mol. The van der Waals surface area contributed by atoms with Crippen molar-refractivity contribution in [3.8, 4) is 27.7 Å². The number of hydrogen-bond donors (Lipinski definition) is 2. The van der Waals surface area contributed by atoms with E-state index in [-0.39, 0.29) is 5.56 Å². The lowest BCUT2D eigenvalue weighted by molar-refractivity contribution is -0.135. The van der Waals surface area contributed by atoms with E-state index in [1.165, 1.54) is 18.9 Å². The summed E-state index contributed by atoms with van der Waals surface area (Å²) in [6, 6.07) is 10.3. The van der Waals surface area contributed by atoms with Crippen LogP contribution in [0.3, 0.4) is 0 Å². The van der Waals surface area contributed by atoms with Gasteiger partial charge in [-0.05, 0) is 60.8 Å². The van der Waals surface area contributed by atoms with Crippen molar-refractivity contribution in [3.63, 3.8) is 0 Å². The number of carboxylic acid groups (broad SMARTS) is 1. The zero-order chi connectivity index (χ0) is 23.4. The molecule has 1 saturated heterocycles. The molecule has 1 fully saturated rings. The fourth-order valence-electron chi connectivity index (χ4n) is 3.46. The molecule has 2 N–H and O–H groups in total. The third-order valence-electron chi connectivity index (χ3n) is 5.05. The van der Waals surface area contributed by atoms with Gasteiger partial charge < -0.3 is 20.1 Å². The van der Waals surface area contributed by atoms with E-state index in [9.17, 15) is 18.8 Å². The number of aliphatic carboxylic acids is 1. The van der Waals surface area contributed by atoms with Gasteiger partial charge in [-0.15, -0.1) is 0 Å². The maximum Gasteiger partial charge on any atom is 0.413 e. The van der Waals surface area contributed by atoms with Gasteiger partial charge in [0.05, 0.1) is 5.56 Å². The first-order valence-corrected chi connectivity index (χ1v) is 10.9. The molecule has 1 amide bonds. The van der Waals surface area contributed by atoms with Gasteiger partial charge in [0.1, 0.15) is 11.6 Å². The molecular formula is C22H19FN4O5S. The zero-order valence-corrected chi connectivity index (χ0v) is 18.1. The highest BCUT2D eigenvalue weighted by atomic mass is 32.1. The summed E-state index contributed by atoms with van der Waals surface area (Å²) in [5, 5.41) is 10.9. The molecule has 9 nitrogen and oxygen atoms in total. The number of benzene rings is 2. The average molecular weight is 470 g/mol. The minimum absolute atomic E-state index is 0.220. The van der Waals surface area contributed by atoms with Gasteiger partial charge in [0, 0.05) is 29.9 Å². The molecule has 2 aromatic carbocycles. The number of carboxylic acids is 1. The van der Waals surface area contributed by atoms with Crippen LogP contribution in [0.4, 0.5) is 14.9 Å². The van der Waals surface area contributed by atoms with Crippen molar-refractivity contribution in [1.29, 1.82) is 0 Å². The standard InChI is InChI=1S/C22H19FN4O5S/c23-17-10-14(9-15(12-28)19(17)32-22(31)24-11-18(29)30)21-25-20(26-33-21)13-3-5-16(6-4-13)27-7-1-2-8-27/h3-6,9-10,12H,1-2,7-8,11H2,(H,24,31)(H,29,30). The van der Waals surface area contributed by atoms with Gasteiger partial charge in [0.25, 0.3) is 0 Å². The van der Waals surface area contributed by atoms with Crippen LogP contribution in [0, 0.1) is 5.82 Å². The summed E-state index contributed by atoms with van der Waals surface area (Å²) in [5.41, 5.74) is 2.03. The number of carbonyl (C=O) groups is 3. The van der Waals surface area contributed by atoms with Crippen LogP contribution in [0.1, 0.15) is 23.2 Å². The summed E-state index contributed by atoms with van der Waals surface area (Å²) >= 11 is 1.05. The number of hydrogen-bond acceptors (Lipinski definition) is 8. The molecule has 4 rings (SSSR count). The summed E-state index contributed by atoms with van der Waals surface area (Å²) in [6.45, 7) is 1.38. The molecule has 0 aliphatic carbocycles. The fraction of sp³-hybridized carbons (Fsp3) is 0.227. The second-order valence-corrected chi connectivity index (χ2v) is 8.05. The molecular weight excluding hydrogens is 451 g/mol. The molecule has 170 valence electrons. The van der Waals surface area contributed by atoms with Gasteiger partial charge in [-0.3, -0.25) is 9.59 Å². The molecule has 0 unspecified atom stereocenters. The quantitative estimate of drug-likeness (QED) is 0.503. The molecule has 11 heteroatoms. The van der Waals surface area contributed by atoms with Crippen molar-refractivity contribution in [3.05, 3.63) is 47.8 Å². The first kappa shape index (κ1) is 22.3. The van der Waals surface area contributed by atoms with Gasteiger partial charge >= 0.3 is 12.1 Å². The molecule has 0 spiro atoms. The summed E-state index contributed by atoms with van der Waals surface area (Å²) in [6.07, 6.45) is 1.53. The van der Waals surface area contributed by atoms with E-state index in [0.29, 0.717) is 22.7 Å². The topological polar surface area (TPSA) is 122 Å². The SMILES string of the molecule is O=Cc1cc(-c2nc(-c3ccc(N4CCCC4)cc3)ns2)cc(F)c1OC(=O)NCC(=O)O. The van der Waals surface area contributed by atoms with Crippen molar-refractivity contribution >= 4 is 35.6 Å². The van der Waals surface area contributed by atoms with Crippen molar-refractivity contribution < 1.29 is 28.6 Å². The second-order valence-electron chi connectivity index (χ2n) is 7.30. The Morgan fingerprint density at radius 1 is 1.18 bits per heavy atom. The molecule has 1 aliphatic rings. The maximum atomic E-state index is 14.6. The molecule has 1 aromatic heterocycles. The second kappa shape index (κ2) is 9.74. The molecule has 0 saturated carbocycles. The van der Waals surface area contributed by atoms with Gasteiger partial charge in [-0.1, -0.05) is 0 Å². The van der Waals surface area contributed by atoms with Gasteiger partial charge in [0.2, 0.25) is 0 Å². The van der Waals surface area contributed by atoms with Crippen LogP contribution in [-0.4, -0.2) is 52.4 Å². The fourth-order valence-corrected chi connectivity index (χ4v) is 4.13. The Bertz CT molecular complexity index is 1190. The monoisotopic (exact) mass is 470 g/mol. The van der Waals surface area contributed by atoms with Crippen molar-refractivity contribution in [1.82, 2.24) is 14.7 Å². The Morgan fingerprint density at radius 3 is 2.58 bits per heavy atom. The van der Waals surface area contributed by atoms with Crippen LogP contribution in [0.2, 0.25) is 0 Å². The Kier molecular flexibility index (Phi) is 6.59. The van der Waals surface area contributed by atoms with E-state index in [1.807, 2.05) is 29.6 Å². The molecule has 0 bridgehead atoms. The van der Waals surface area contributed by atoms with Crippen molar-refractivity contribution in [2.24, 2.45) is 0 Å². The highest BCUT2D eigenvalue weighted by molar-refractivity contribution is 7.09. The zero-order valence-electron chi connectivity index (χ0n) is 17.3. The van der Waals surface area contributed by atoms with Crippen LogP contribution in [0.25, 0.3) is 22.0 Å². The predicted octanol–water partition coefficient (Wildman–Crippen LogP) is 3.60. The third kappa shape index (κ3) is 5.14. The number of nitrogens with zero attached hydrogens (tertiary/aromatic N) is 3.